The first-order valence-electron chi connectivity index (χ1n) is 5.53. The molecule has 3 heteroatoms. The zero-order valence-corrected chi connectivity index (χ0v) is 9.28. The molecule has 0 unspecified atom stereocenters. The van der Waals surface area contributed by atoms with Crippen molar-refractivity contribution in [3.05, 3.63) is 34.2 Å². The third-order valence-corrected chi connectivity index (χ3v) is 2.56. The molecule has 0 amide bonds. The summed E-state index contributed by atoms with van der Waals surface area (Å²) in [4.78, 5) is 11.5. The zero-order chi connectivity index (χ0) is 11.1. The Hall–Kier alpha value is -1.09. The van der Waals surface area contributed by atoms with Crippen molar-refractivity contribution in [3.63, 3.8) is 0 Å². The lowest BCUT2D eigenvalue weighted by molar-refractivity contribution is 0.282. The Morgan fingerprint density at radius 3 is 2.60 bits per heavy atom. The summed E-state index contributed by atoms with van der Waals surface area (Å²) in [6, 6.07) is 5.34. The second-order valence-corrected chi connectivity index (χ2v) is 3.79. The number of aliphatic hydroxyl groups is 1. The van der Waals surface area contributed by atoms with Crippen LogP contribution in [0, 0.1) is 6.92 Å². The predicted octanol–water partition coefficient (Wildman–Crippen LogP) is 1.71. The van der Waals surface area contributed by atoms with Crippen LogP contribution < -0.4 is 5.56 Å². The lowest BCUT2D eigenvalue weighted by Crippen LogP contribution is -2.20. The quantitative estimate of drug-likeness (QED) is 0.725. The molecule has 1 aromatic rings. The minimum absolute atomic E-state index is 0.0807. The van der Waals surface area contributed by atoms with Crippen molar-refractivity contribution in [2.45, 2.75) is 39.2 Å². The molecule has 0 aliphatic heterocycles. The Balaban J connectivity index is 2.40. The van der Waals surface area contributed by atoms with E-state index in [-0.39, 0.29) is 12.2 Å². The largest absolute Gasteiger partial charge is 0.396 e. The molecule has 0 saturated heterocycles. The summed E-state index contributed by atoms with van der Waals surface area (Å²) >= 11 is 0. The maximum absolute atomic E-state index is 11.5. The van der Waals surface area contributed by atoms with Crippen molar-refractivity contribution < 1.29 is 5.11 Å². The molecule has 0 aliphatic carbocycles. The van der Waals surface area contributed by atoms with Crippen molar-refractivity contribution in [2.24, 2.45) is 0 Å². The van der Waals surface area contributed by atoms with Crippen LogP contribution in [0.1, 0.15) is 31.4 Å². The Labute approximate surface area is 90.4 Å². The fourth-order valence-corrected chi connectivity index (χ4v) is 1.65. The average Bonchev–Trinajstić information content (AvgIpc) is 2.21. The van der Waals surface area contributed by atoms with Gasteiger partial charge in [0.15, 0.2) is 0 Å². The molecule has 3 nitrogen and oxygen atoms in total. The van der Waals surface area contributed by atoms with E-state index in [1.54, 1.807) is 16.7 Å². The summed E-state index contributed by atoms with van der Waals surface area (Å²) in [7, 11) is 0. The van der Waals surface area contributed by atoms with Crippen molar-refractivity contribution in [1.82, 2.24) is 4.57 Å². The number of aliphatic hydroxyl groups excluding tert-OH is 1. The summed E-state index contributed by atoms with van der Waals surface area (Å²) in [5.74, 6) is 0. The molecule has 15 heavy (non-hydrogen) atoms. The van der Waals surface area contributed by atoms with Crippen LogP contribution in [-0.4, -0.2) is 16.3 Å². The maximum Gasteiger partial charge on any atom is 0.250 e. The molecule has 84 valence electrons. The van der Waals surface area contributed by atoms with Crippen molar-refractivity contribution in [1.29, 1.82) is 0 Å². The van der Waals surface area contributed by atoms with E-state index in [4.69, 9.17) is 5.11 Å². The highest BCUT2D eigenvalue weighted by Crippen LogP contribution is 2.02. The van der Waals surface area contributed by atoms with Crippen LogP contribution in [0.25, 0.3) is 0 Å². The first kappa shape index (κ1) is 12.0. The lowest BCUT2D eigenvalue weighted by Gasteiger charge is -2.08. The molecule has 1 N–H and O–H groups in total. The Kier molecular flexibility index (Phi) is 5.12. The monoisotopic (exact) mass is 209 g/mol. The van der Waals surface area contributed by atoms with E-state index in [0.29, 0.717) is 0 Å². The summed E-state index contributed by atoms with van der Waals surface area (Å²) in [5, 5.41) is 8.62. The molecule has 1 rings (SSSR count). The Morgan fingerprint density at radius 2 is 1.93 bits per heavy atom. The molecule has 0 aliphatic rings. The third-order valence-electron chi connectivity index (χ3n) is 2.56. The van der Waals surface area contributed by atoms with Crippen LogP contribution in [0.3, 0.4) is 0 Å². The molecule has 1 heterocycles. The van der Waals surface area contributed by atoms with E-state index < -0.39 is 0 Å². The normalized spacial score (nSPS) is 10.5. The maximum atomic E-state index is 11.5. The molecular weight excluding hydrogens is 190 g/mol. The standard InChI is InChI=1S/C12H19NO2/c1-11-7-6-8-12(15)13(11)9-4-2-3-5-10-14/h6-8,14H,2-5,9-10H2,1H3. The number of hydrogen-bond donors (Lipinski definition) is 1. The van der Waals surface area contributed by atoms with Gasteiger partial charge in [-0.2, -0.15) is 0 Å². The highest BCUT2D eigenvalue weighted by Gasteiger charge is 1.98. The van der Waals surface area contributed by atoms with E-state index in [1.165, 1.54) is 0 Å². The van der Waals surface area contributed by atoms with Crippen LogP contribution in [0.15, 0.2) is 23.0 Å². The molecule has 0 saturated carbocycles. The van der Waals surface area contributed by atoms with Gasteiger partial charge in [-0.05, 0) is 25.8 Å². The van der Waals surface area contributed by atoms with Gasteiger partial charge in [0.25, 0.3) is 5.56 Å². The lowest BCUT2D eigenvalue weighted by atomic mass is 10.2. The Bertz CT molecular complexity index is 344. The molecule has 0 aromatic carbocycles. The zero-order valence-electron chi connectivity index (χ0n) is 9.28. The number of aromatic nitrogens is 1. The summed E-state index contributed by atoms with van der Waals surface area (Å²) in [6.07, 6.45) is 3.98. The number of unbranched alkanes of at least 4 members (excludes halogenated alkanes) is 3. The fraction of sp³-hybridized carbons (Fsp3) is 0.583. The minimum atomic E-state index is 0.0807. The smallest absolute Gasteiger partial charge is 0.250 e. The van der Waals surface area contributed by atoms with Gasteiger partial charge in [0, 0.05) is 24.9 Å². The van der Waals surface area contributed by atoms with Crippen LogP contribution in [0.4, 0.5) is 0 Å². The van der Waals surface area contributed by atoms with Crippen LogP contribution >= 0.6 is 0 Å². The molecule has 0 atom stereocenters. The molecular formula is C12H19NO2. The molecule has 0 spiro atoms. The average molecular weight is 209 g/mol. The molecule has 0 radical (unpaired) electrons. The van der Waals surface area contributed by atoms with Crippen molar-refractivity contribution in [3.8, 4) is 0 Å². The van der Waals surface area contributed by atoms with E-state index >= 15 is 0 Å². The first-order valence-corrected chi connectivity index (χ1v) is 5.53. The van der Waals surface area contributed by atoms with Crippen LogP contribution in [0.5, 0.6) is 0 Å². The topological polar surface area (TPSA) is 42.2 Å². The van der Waals surface area contributed by atoms with Gasteiger partial charge in [-0.15, -0.1) is 0 Å². The number of pyridine rings is 1. The van der Waals surface area contributed by atoms with Gasteiger partial charge in [-0.3, -0.25) is 4.79 Å². The van der Waals surface area contributed by atoms with Gasteiger partial charge in [0.05, 0.1) is 0 Å². The van der Waals surface area contributed by atoms with Gasteiger partial charge in [-0.25, -0.2) is 0 Å². The highest BCUT2D eigenvalue weighted by atomic mass is 16.2. The summed E-state index contributed by atoms with van der Waals surface area (Å²) in [6.45, 7) is 3.01. The Morgan fingerprint density at radius 1 is 1.20 bits per heavy atom. The van der Waals surface area contributed by atoms with Crippen LogP contribution in [0.2, 0.25) is 0 Å². The first-order chi connectivity index (χ1) is 7.25. The molecule has 0 fully saturated rings. The summed E-state index contributed by atoms with van der Waals surface area (Å²) in [5.41, 5.74) is 1.10. The molecule has 0 bridgehead atoms. The second-order valence-electron chi connectivity index (χ2n) is 3.79. The van der Waals surface area contributed by atoms with Crippen LogP contribution in [-0.2, 0) is 6.54 Å². The number of hydrogen-bond acceptors (Lipinski definition) is 2. The van der Waals surface area contributed by atoms with Gasteiger partial charge in [0.2, 0.25) is 0 Å². The highest BCUT2D eigenvalue weighted by molar-refractivity contribution is 5.04. The van der Waals surface area contributed by atoms with Crippen molar-refractivity contribution >= 4 is 0 Å². The van der Waals surface area contributed by atoms with Gasteiger partial charge in [-0.1, -0.05) is 18.9 Å². The molecule has 1 aromatic heterocycles. The van der Waals surface area contributed by atoms with E-state index in [2.05, 4.69) is 0 Å². The second kappa shape index (κ2) is 6.40. The van der Waals surface area contributed by atoms with E-state index in [9.17, 15) is 4.79 Å². The summed E-state index contributed by atoms with van der Waals surface area (Å²) < 4.78 is 1.80. The SMILES string of the molecule is Cc1cccc(=O)n1CCCCCCO. The van der Waals surface area contributed by atoms with E-state index in [0.717, 1.165) is 37.9 Å². The number of aryl methyl sites for hydroxylation is 1. The number of nitrogens with zero attached hydrogens (tertiary/aromatic N) is 1. The number of rotatable bonds is 6. The minimum Gasteiger partial charge on any atom is -0.396 e. The third kappa shape index (κ3) is 3.88. The fourth-order valence-electron chi connectivity index (χ4n) is 1.65. The van der Waals surface area contributed by atoms with Gasteiger partial charge in [0.1, 0.15) is 0 Å². The predicted molar refractivity (Wildman–Crippen MR) is 61.0 cm³/mol. The van der Waals surface area contributed by atoms with Gasteiger partial charge >= 0.3 is 0 Å². The van der Waals surface area contributed by atoms with E-state index in [1.807, 2.05) is 13.0 Å². The van der Waals surface area contributed by atoms with Crippen molar-refractivity contribution in [2.75, 3.05) is 6.61 Å². The van der Waals surface area contributed by atoms with Gasteiger partial charge < -0.3 is 9.67 Å².